The Morgan fingerprint density at radius 3 is 1.82 bits per heavy atom. The lowest BCUT2D eigenvalue weighted by Gasteiger charge is -2.17. The zero-order chi connectivity index (χ0) is 24.5. The first kappa shape index (κ1) is 27.0. The Morgan fingerprint density at radius 1 is 0.788 bits per heavy atom. The zero-order valence-corrected chi connectivity index (χ0v) is 20.7. The molecule has 182 valence electrons. The monoisotopic (exact) mass is 498 g/mol. The lowest BCUT2D eigenvalue weighted by Crippen LogP contribution is -2.30. The fraction of sp³-hybridized carbons (Fsp3) is 0.435. The van der Waals surface area contributed by atoms with E-state index in [0.29, 0.717) is 6.42 Å². The maximum absolute atomic E-state index is 12.6. The number of benzene rings is 2. The van der Waals surface area contributed by atoms with Gasteiger partial charge in [0.25, 0.3) is 20.2 Å². The summed E-state index contributed by atoms with van der Waals surface area (Å²) in [5, 5.41) is 0. The molecule has 10 heteroatoms. The number of rotatable bonds is 13. The van der Waals surface area contributed by atoms with E-state index < -0.39 is 32.3 Å². The van der Waals surface area contributed by atoms with Gasteiger partial charge in [0.05, 0.1) is 23.0 Å². The first-order valence-corrected chi connectivity index (χ1v) is 13.5. The summed E-state index contributed by atoms with van der Waals surface area (Å²) in [7, 11) is -8.19. The molecule has 0 N–H and O–H groups in total. The van der Waals surface area contributed by atoms with E-state index in [4.69, 9.17) is 13.1 Å². The van der Waals surface area contributed by atoms with Gasteiger partial charge < -0.3 is 4.74 Å². The molecule has 0 spiro atoms. The highest BCUT2D eigenvalue weighted by Gasteiger charge is 2.29. The molecule has 0 saturated heterocycles. The Bertz CT molecular complexity index is 1110. The molecule has 1 unspecified atom stereocenters. The van der Waals surface area contributed by atoms with Crippen molar-refractivity contribution in [2.45, 2.75) is 62.3 Å². The molecule has 8 nitrogen and oxygen atoms in total. The van der Waals surface area contributed by atoms with Crippen LogP contribution in [0.1, 0.15) is 43.7 Å². The molecule has 0 aliphatic heterocycles. The maximum Gasteiger partial charge on any atom is 0.336 e. The molecule has 1 atom stereocenters. The van der Waals surface area contributed by atoms with E-state index in [2.05, 4.69) is 0 Å². The predicted octanol–water partition coefficient (Wildman–Crippen LogP) is 3.91. The van der Waals surface area contributed by atoms with Crippen LogP contribution in [0.4, 0.5) is 0 Å². The van der Waals surface area contributed by atoms with Gasteiger partial charge in [0.1, 0.15) is 0 Å². The number of ether oxygens (including phenoxy) is 1. The molecule has 2 rings (SSSR count). The first-order chi connectivity index (χ1) is 15.5. The second kappa shape index (κ2) is 12.3. The van der Waals surface area contributed by atoms with Gasteiger partial charge in [-0.1, -0.05) is 48.7 Å². The van der Waals surface area contributed by atoms with Crippen molar-refractivity contribution in [1.82, 2.24) is 0 Å². The highest BCUT2D eigenvalue weighted by Crippen LogP contribution is 2.19. The van der Waals surface area contributed by atoms with Crippen LogP contribution in [0.3, 0.4) is 0 Å². The number of esters is 1. The molecule has 0 heterocycles. The van der Waals surface area contributed by atoms with Gasteiger partial charge in [0.15, 0.2) is 6.10 Å². The standard InChI is InChI=1S/C23H30O8S2/c1-4-5-16-29-23(24)22(31-33(27,28)21-14-10-19(3)11-15-21)7-6-17-30-32(25,26)20-12-8-18(2)9-13-20/h8-15,22H,4-7,16-17H2,1-3H3. The Morgan fingerprint density at radius 2 is 1.30 bits per heavy atom. The van der Waals surface area contributed by atoms with Gasteiger partial charge in [-0.25, -0.2) is 4.79 Å². The number of carbonyl (C=O) groups excluding carboxylic acids is 1. The maximum atomic E-state index is 12.6. The molecule has 0 saturated carbocycles. The van der Waals surface area contributed by atoms with Crippen molar-refractivity contribution in [3.8, 4) is 0 Å². The van der Waals surface area contributed by atoms with Crippen molar-refractivity contribution in [3.05, 3.63) is 59.7 Å². The number of carbonyl (C=O) groups is 1. The molecule has 0 radical (unpaired) electrons. The van der Waals surface area contributed by atoms with Crippen molar-refractivity contribution in [1.29, 1.82) is 0 Å². The molecule has 0 aromatic heterocycles. The minimum absolute atomic E-state index is 0.0156. The lowest BCUT2D eigenvalue weighted by atomic mass is 10.2. The number of hydrogen-bond donors (Lipinski definition) is 0. The van der Waals surface area contributed by atoms with Crippen molar-refractivity contribution < 1.29 is 34.7 Å². The van der Waals surface area contributed by atoms with Crippen molar-refractivity contribution in [2.75, 3.05) is 13.2 Å². The van der Waals surface area contributed by atoms with Crippen LogP contribution in [0.25, 0.3) is 0 Å². The molecule has 0 amide bonds. The number of aryl methyl sites for hydroxylation is 2. The molecule has 2 aromatic carbocycles. The van der Waals surface area contributed by atoms with E-state index in [1.54, 1.807) is 24.3 Å². The third kappa shape index (κ3) is 8.54. The van der Waals surface area contributed by atoms with Crippen molar-refractivity contribution in [2.24, 2.45) is 0 Å². The lowest BCUT2D eigenvalue weighted by molar-refractivity contribution is -0.152. The van der Waals surface area contributed by atoms with Gasteiger partial charge in [-0.2, -0.15) is 16.8 Å². The van der Waals surface area contributed by atoms with E-state index in [1.165, 1.54) is 24.3 Å². The van der Waals surface area contributed by atoms with Crippen LogP contribution < -0.4 is 0 Å². The van der Waals surface area contributed by atoms with E-state index in [1.807, 2.05) is 20.8 Å². The van der Waals surface area contributed by atoms with E-state index >= 15 is 0 Å². The van der Waals surface area contributed by atoms with Gasteiger partial charge in [-0.15, -0.1) is 0 Å². The average Bonchev–Trinajstić information content (AvgIpc) is 2.76. The van der Waals surface area contributed by atoms with Crippen molar-refractivity contribution in [3.63, 3.8) is 0 Å². The normalized spacial score (nSPS) is 12.9. The Balaban J connectivity index is 2.03. The summed E-state index contributed by atoms with van der Waals surface area (Å²) < 4.78 is 65.2. The molecular weight excluding hydrogens is 468 g/mol. The van der Waals surface area contributed by atoms with Gasteiger partial charge in [0.2, 0.25) is 0 Å². The van der Waals surface area contributed by atoms with Crippen LogP contribution in [0.5, 0.6) is 0 Å². The third-order valence-corrected chi connectivity index (χ3v) is 7.38. The first-order valence-electron chi connectivity index (χ1n) is 10.7. The molecule has 33 heavy (non-hydrogen) atoms. The summed E-state index contributed by atoms with van der Waals surface area (Å²) in [6.45, 7) is 5.47. The Kier molecular flexibility index (Phi) is 10.0. The average molecular weight is 499 g/mol. The predicted molar refractivity (Wildman–Crippen MR) is 123 cm³/mol. The second-order valence-electron chi connectivity index (χ2n) is 7.60. The van der Waals surface area contributed by atoms with Gasteiger partial charge >= 0.3 is 5.97 Å². The van der Waals surface area contributed by atoms with E-state index in [9.17, 15) is 21.6 Å². The van der Waals surface area contributed by atoms with Gasteiger partial charge in [-0.05, 0) is 57.4 Å². The summed E-state index contributed by atoms with van der Waals surface area (Å²) in [6.07, 6.45) is -0.0350. The molecule has 0 fully saturated rings. The van der Waals surface area contributed by atoms with E-state index in [0.717, 1.165) is 17.5 Å². The highest BCUT2D eigenvalue weighted by atomic mass is 32.2. The van der Waals surface area contributed by atoms with Crippen LogP contribution in [-0.4, -0.2) is 42.1 Å². The summed E-state index contributed by atoms with van der Waals surface area (Å²) in [5.41, 5.74) is 1.78. The third-order valence-electron chi connectivity index (χ3n) is 4.72. The Labute approximate surface area is 196 Å². The molecule has 0 bridgehead atoms. The summed E-state index contributed by atoms with van der Waals surface area (Å²) in [6, 6.07) is 12.2. The highest BCUT2D eigenvalue weighted by molar-refractivity contribution is 7.87. The number of hydrogen-bond acceptors (Lipinski definition) is 8. The van der Waals surface area contributed by atoms with Crippen molar-refractivity contribution >= 4 is 26.2 Å². The minimum atomic E-state index is -4.22. The largest absolute Gasteiger partial charge is 0.464 e. The Hall–Kier alpha value is -2.27. The van der Waals surface area contributed by atoms with Crippen LogP contribution in [0, 0.1) is 13.8 Å². The summed E-state index contributed by atoms with van der Waals surface area (Å²) in [5.74, 6) is -0.819. The topological polar surface area (TPSA) is 113 Å². The van der Waals surface area contributed by atoms with Crippen LogP contribution in [0.15, 0.2) is 58.3 Å². The second-order valence-corrected chi connectivity index (χ2v) is 10.8. The molecule has 0 aliphatic carbocycles. The fourth-order valence-electron chi connectivity index (χ4n) is 2.74. The SMILES string of the molecule is CCCCOC(=O)C(CCCOS(=O)(=O)c1ccc(C)cc1)OS(=O)(=O)c1ccc(C)cc1. The summed E-state index contributed by atoms with van der Waals surface area (Å²) >= 11 is 0. The molecule has 2 aromatic rings. The van der Waals surface area contributed by atoms with Crippen LogP contribution >= 0.6 is 0 Å². The smallest absolute Gasteiger partial charge is 0.336 e. The van der Waals surface area contributed by atoms with Crippen LogP contribution in [-0.2, 0) is 38.1 Å². The van der Waals surface area contributed by atoms with E-state index in [-0.39, 0.29) is 35.8 Å². The molecular formula is C23H30O8S2. The molecule has 0 aliphatic rings. The van der Waals surface area contributed by atoms with Gasteiger partial charge in [-0.3, -0.25) is 8.37 Å². The fourth-order valence-corrected chi connectivity index (χ4v) is 4.74. The summed E-state index contributed by atoms with van der Waals surface area (Å²) in [4.78, 5) is 12.4. The van der Waals surface area contributed by atoms with Gasteiger partial charge in [0, 0.05) is 0 Å². The minimum Gasteiger partial charge on any atom is -0.464 e. The quantitative estimate of drug-likeness (QED) is 0.232. The van der Waals surface area contributed by atoms with Crippen LogP contribution in [0.2, 0.25) is 0 Å². The zero-order valence-electron chi connectivity index (χ0n) is 19.0. The number of unbranched alkanes of at least 4 members (excludes halogenated alkanes) is 1.